The van der Waals surface area contributed by atoms with Gasteiger partial charge >= 0.3 is 6.03 Å². The SMILES string of the molecule is CNc1c(Cl)ncnc1N1CCC(NC(=O)Nc2ccc(F)cc2)C1. The zero-order chi connectivity index (χ0) is 17.8. The number of carbonyl (C=O) groups is 1. The predicted molar refractivity (Wildman–Crippen MR) is 95.8 cm³/mol. The van der Waals surface area contributed by atoms with Crippen molar-refractivity contribution in [3.05, 3.63) is 41.6 Å². The van der Waals surface area contributed by atoms with Crippen LogP contribution in [-0.4, -0.2) is 42.2 Å². The first-order chi connectivity index (χ1) is 12.1. The molecule has 0 spiro atoms. The smallest absolute Gasteiger partial charge is 0.319 e. The maximum Gasteiger partial charge on any atom is 0.319 e. The lowest BCUT2D eigenvalue weighted by molar-refractivity contribution is 0.249. The van der Waals surface area contributed by atoms with Crippen LogP contribution in [0.4, 0.5) is 26.4 Å². The number of anilines is 3. The van der Waals surface area contributed by atoms with Crippen molar-refractivity contribution in [1.82, 2.24) is 15.3 Å². The molecule has 2 aromatic rings. The number of aromatic nitrogens is 2. The highest BCUT2D eigenvalue weighted by molar-refractivity contribution is 6.32. The normalized spacial score (nSPS) is 16.6. The van der Waals surface area contributed by atoms with Gasteiger partial charge in [-0.1, -0.05) is 11.6 Å². The van der Waals surface area contributed by atoms with Gasteiger partial charge in [0.25, 0.3) is 0 Å². The van der Waals surface area contributed by atoms with Crippen LogP contribution in [0.2, 0.25) is 5.15 Å². The molecule has 1 saturated heterocycles. The topological polar surface area (TPSA) is 82.2 Å². The van der Waals surface area contributed by atoms with Crippen LogP contribution in [-0.2, 0) is 0 Å². The van der Waals surface area contributed by atoms with E-state index in [1.807, 2.05) is 4.90 Å². The van der Waals surface area contributed by atoms with E-state index in [1.165, 1.54) is 30.6 Å². The first kappa shape index (κ1) is 17.2. The lowest BCUT2D eigenvalue weighted by Crippen LogP contribution is -2.39. The van der Waals surface area contributed by atoms with Crippen LogP contribution in [0.3, 0.4) is 0 Å². The van der Waals surface area contributed by atoms with E-state index in [1.54, 1.807) is 7.05 Å². The molecule has 1 unspecified atom stereocenters. The highest BCUT2D eigenvalue weighted by Crippen LogP contribution is 2.30. The standard InChI is InChI=1S/C16H18ClFN6O/c1-19-13-14(17)20-9-21-15(13)24-7-6-12(8-24)23-16(25)22-11-4-2-10(18)3-5-11/h2-5,9,12,19H,6-8H2,1H3,(H2,22,23,25). The quantitative estimate of drug-likeness (QED) is 0.727. The van der Waals surface area contributed by atoms with Gasteiger partial charge in [0.2, 0.25) is 0 Å². The summed E-state index contributed by atoms with van der Waals surface area (Å²) >= 11 is 6.08. The summed E-state index contributed by atoms with van der Waals surface area (Å²) < 4.78 is 12.9. The first-order valence-corrected chi connectivity index (χ1v) is 8.21. The van der Waals surface area contributed by atoms with Crippen LogP contribution in [0.5, 0.6) is 0 Å². The molecule has 2 heterocycles. The van der Waals surface area contributed by atoms with E-state index in [0.717, 1.165) is 13.0 Å². The van der Waals surface area contributed by atoms with Gasteiger partial charge in [-0.15, -0.1) is 0 Å². The Bertz CT molecular complexity index is 757. The first-order valence-electron chi connectivity index (χ1n) is 7.83. The molecule has 132 valence electrons. The van der Waals surface area contributed by atoms with Gasteiger partial charge in [0.1, 0.15) is 17.8 Å². The fraction of sp³-hybridized carbons (Fsp3) is 0.312. The Morgan fingerprint density at radius 3 is 2.80 bits per heavy atom. The zero-order valence-corrected chi connectivity index (χ0v) is 14.3. The van der Waals surface area contributed by atoms with Gasteiger partial charge < -0.3 is 20.9 Å². The fourth-order valence-electron chi connectivity index (χ4n) is 2.77. The summed E-state index contributed by atoms with van der Waals surface area (Å²) in [6.45, 7) is 1.35. The van der Waals surface area contributed by atoms with Crippen molar-refractivity contribution in [2.24, 2.45) is 0 Å². The third-order valence-corrected chi connectivity index (χ3v) is 4.24. The second kappa shape index (κ2) is 7.52. The molecule has 1 fully saturated rings. The van der Waals surface area contributed by atoms with Gasteiger partial charge in [-0.05, 0) is 30.7 Å². The van der Waals surface area contributed by atoms with Crippen molar-refractivity contribution in [1.29, 1.82) is 0 Å². The summed E-state index contributed by atoms with van der Waals surface area (Å²) in [5.41, 5.74) is 1.20. The van der Waals surface area contributed by atoms with E-state index in [-0.39, 0.29) is 17.9 Å². The molecule has 0 aliphatic carbocycles. The van der Waals surface area contributed by atoms with Gasteiger partial charge in [0, 0.05) is 31.9 Å². The molecule has 7 nitrogen and oxygen atoms in total. The molecule has 1 atom stereocenters. The number of carbonyl (C=O) groups excluding carboxylic acids is 1. The monoisotopic (exact) mass is 364 g/mol. The highest BCUT2D eigenvalue weighted by atomic mass is 35.5. The Balaban J connectivity index is 1.59. The maximum absolute atomic E-state index is 12.9. The number of rotatable bonds is 4. The Kier molecular flexibility index (Phi) is 5.18. The van der Waals surface area contributed by atoms with E-state index >= 15 is 0 Å². The largest absolute Gasteiger partial charge is 0.383 e. The highest BCUT2D eigenvalue weighted by Gasteiger charge is 2.27. The van der Waals surface area contributed by atoms with Gasteiger partial charge in [-0.3, -0.25) is 0 Å². The average molecular weight is 365 g/mol. The number of hydrogen-bond donors (Lipinski definition) is 3. The van der Waals surface area contributed by atoms with Crippen LogP contribution in [0, 0.1) is 5.82 Å². The number of nitrogens with zero attached hydrogens (tertiary/aromatic N) is 3. The summed E-state index contributed by atoms with van der Waals surface area (Å²) in [5, 5.41) is 8.96. The summed E-state index contributed by atoms with van der Waals surface area (Å²) in [5.74, 6) is 0.368. The molecule has 2 amide bonds. The molecule has 1 aromatic heterocycles. The molecule has 9 heteroatoms. The van der Waals surface area contributed by atoms with Crippen LogP contribution in [0.1, 0.15) is 6.42 Å². The van der Waals surface area contributed by atoms with Crippen molar-refractivity contribution in [3.63, 3.8) is 0 Å². The Morgan fingerprint density at radius 1 is 1.32 bits per heavy atom. The van der Waals surface area contributed by atoms with E-state index in [4.69, 9.17) is 11.6 Å². The molecule has 1 aromatic carbocycles. The number of hydrogen-bond acceptors (Lipinski definition) is 5. The van der Waals surface area contributed by atoms with Gasteiger partial charge in [-0.2, -0.15) is 0 Å². The molecule has 1 aliphatic rings. The van der Waals surface area contributed by atoms with Crippen molar-refractivity contribution in [3.8, 4) is 0 Å². The summed E-state index contributed by atoms with van der Waals surface area (Å²) in [4.78, 5) is 22.4. The molecule has 0 saturated carbocycles. The maximum atomic E-state index is 12.9. The summed E-state index contributed by atoms with van der Waals surface area (Å²) in [6, 6.07) is 5.26. The fourth-order valence-corrected chi connectivity index (χ4v) is 2.99. The van der Waals surface area contributed by atoms with Crippen molar-refractivity contribution >= 4 is 34.8 Å². The molecule has 0 radical (unpaired) electrons. The lowest BCUT2D eigenvalue weighted by Gasteiger charge is -2.21. The Labute approximate surface area is 149 Å². The number of benzene rings is 1. The van der Waals surface area contributed by atoms with Gasteiger partial charge in [0.15, 0.2) is 11.0 Å². The van der Waals surface area contributed by atoms with Gasteiger partial charge in [0.05, 0.1) is 0 Å². The van der Waals surface area contributed by atoms with E-state index < -0.39 is 0 Å². The number of amides is 2. The van der Waals surface area contributed by atoms with Crippen LogP contribution >= 0.6 is 11.6 Å². The second-order valence-corrected chi connectivity index (χ2v) is 6.01. The molecular weight excluding hydrogens is 347 g/mol. The minimum absolute atomic E-state index is 0.0288. The molecule has 3 N–H and O–H groups in total. The average Bonchev–Trinajstić information content (AvgIpc) is 3.05. The van der Waals surface area contributed by atoms with Crippen LogP contribution < -0.4 is 20.9 Å². The minimum Gasteiger partial charge on any atom is -0.383 e. The lowest BCUT2D eigenvalue weighted by atomic mass is 10.3. The molecule has 3 rings (SSSR count). The van der Waals surface area contributed by atoms with Crippen LogP contribution in [0.15, 0.2) is 30.6 Å². The van der Waals surface area contributed by atoms with E-state index in [0.29, 0.717) is 28.9 Å². The van der Waals surface area contributed by atoms with Crippen molar-refractivity contribution in [2.75, 3.05) is 35.7 Å². The number of halogens is 2. The van der Waals surface area contributed by atoms with Crippen molar-refractivity contribution in [2.45, 2.75) is 12.5 Å². The predicted octanol–water partition coefficient (Wildman–Crippen LogP) is 2.71. The van der Waals surface area contributed by atoms with Crippen LogP contribution in [0.25, 0.3) is 0 Å². The van der Waals surface area contributed by atoms with Gasteiger partial charge in [-0.25, -0.2) is 19.2 Å². The molecular formula is C16H18ClFN6O. The molecule has 1 aliphatic heterocycles. The third-order valence-electron chi connectivity index (χ3n) is 3.96. The Hall–Kier alpha value is -2.61. The molecule has 25 heavy (non-hydrogen) atoms. The number of nitrogens with one attached hydrogen (secondary N) is 3. The van der Waals surface area contributed by atoms with E-state index in [2.05, 4.69) is 25.9 Å². The second-order valence-electron chi connectivity index (χ2n) is 5.65. The third kappa shape index (κ3) is 4.08. The minimum atomic E-state index is -0.346. The zero-order valence-electron chi connectivity index (χ0n) is 13.6. The number of urea groups is 1. The molecule has 0 bridgehead atoms. The van der Waals surface area contributed by atoms with E-state index in [9.17, 15) is 9.18 Å². The summed E-state index contributed by atoms with van der Waals surface area (Å²) in [6.07, 6.45) is 2.20. The Morgan fingerprint density at radius 2 is 2.08 bits per heavy atom. The van der Waals surface area contributed by atoms with Crippen molar-refractivity contribution < 1.29 is 9.18 Å². The summed E-state index contributed by atoms with van der Waals surface area (Å²) in [7, 11) is 1.76.